The van der Waals surface area contributed by atoms with Crippen molar-refractivity contribution in [2.45, 2.75) is 0 Å². The Hall–Kier alpha value is -4.91. The fourth-order valence-electron chi connectivity index (χ4n) is 3.38. The zero-order valence-corrected chi connectivity index (χ0v) is 18.6. The van der Waals surface area contributed by atoms with Gasteiger partial charge in [0, 0.05) is 24.7 Å². The van der Waals surface area contributed by atoms with E-state index in [1.54, 1.807) is 64.0 Å². The molecular weight excluding hydrogens is 438 g/mol. The van der Waals surface area contributed by atoms with E-state index in [1.165, 1.54) is 0 Å². The molecule has 172 valence electrons. The number of imidazole rings is 1. The summed E-state index contributed by atoms with van der Waals surface area (Å²) in [6.45, 7) is -0.250. The molecule has 0 saturated carbocycles. The van der Waals surface area contributed by atoms with Crippen molar-refractivity contribution in [3.8, 4) is 34.6 Å². The van der Waals surface area contributed by atoms with Gasteiger partial charge in [-0.05, 0) is 24.3 Å². The third-order valence-electron chi connectivity index (χ3n) is 4.92. The van der Waals surface area contributed by atoms with Gasteiger partial charge in [0.2, 0.25) is 0 Å². The van der Waals surface area contributed by atoms with Crippen LogP contribution < -0.4 is 14.8 Å². The van der Waals surface area contributed by atoms with Crippen LogP contribution in [0.15, 0.2) is 54.9 Å². The normalized spacial score (nSPS) is 9.94. The van der Waals surface area contributed by atoms with Crippen molar-refractivity contribution in [3.05, 3.63) is 66.0 Å². The predicted molar refractivity (Wildman–Crippen MR) is 124 cm³/mol. The number of methoxy groups -OCH3 is 2. The Morgan fingerprint density at radius 2 is 1.85 bits per heavy atom. The smallest absolute Gasteiger partial charge is 0.290 e. The first-order valence-electron chi connectivity index (χ1n) is 9.92. The molecule has 1 amide bonds. The maximum atomic E-state index is 12.5. The Morgan fingerprint density at radius 1 is 1.15 bits per heavy atom. The van der Waals surface area contributed by atoms with E-state index in [1.807, 2.05) is 16.7 Å². The van der Waals surface area contributed by atoms with Crippen molar-refractivity contribution in [3.63, 3.8) is 0 Å². The number of rotatable bonds is 5. The summed E-state index contributed by atoms with van der Waals surface area (Å²) in [7, 11) is 4.71. The Bertz CT molecular complexity index is 1390. The van der Waals surface area contributed by atoms with E-state index in [9.17, 15) is 10.1 Å². The first-order valence-corrected chi connectivity index (χ1v) is 9.92. The molecule has 4 aromatic rings. The number of carboxylic acid groups (broad SMARTS) is 1. The van der Waals surface area contributed by atoms with E-state index in [0.717, 1.165) is 5.52 Å². The van der Waals surface area contributed by atoms with Gasteiger partial charge < -0.3 is 19.9 Å². The van der Waals surface area contributed by atoms with Gasteiger partial charge in [0.1, 0.15) is 12.1 Å². The number of ether oxygens (including phenoxy) is 2. The van der Waals surface area contributed by atoms with E-state index in [2.05, 4.69) is 16.4 Å². The monoisotopic (exact) mass is 459 g/mol. The predicted octanol–water partition coefficient (Wildman–Crippen LogP) is 3.04. The second-order valence-corrected chi connectivity index (χ2v) is 6.75. The number of amides is 1. The van der Waals surface area contributed by atoms with Gasteiger partial charge in [-0.25, -0.2) is 9.97 Å². The van der Waals surface area contributed by atoms with Gasteiger partial charge in [-0.15, -0.1) is 0 Å². The summed E-state index contributed by atoms with van der Waals surface area (Å²) in [5.74, 6) is 1.45. The highest BCUT2D eigenvalue weighted by Gasteiger charge is 2.17. The highest BCUT2D eigenvalue weighted by Crippen LogP contribution is 2.33. The molecule has 0 aliphatic carbocycles. The Balaban J connectivity index is 0.00000103. The van der Waals surface area contributed by atoms with Crippen LogP contribution in [0.25, 0.3) is 28.1 Å². The molecule has 4 rings (SSSR count). The minimum Gasteiger partial charge on any atom is -0.493 e. The lowest BCUT2D eigenvalue weighted by molar-refractivity contribution is -0.122. The van der Waals surface area contributed by atoms with E-state index in [-0.39, 0.29) is 12.4 Å². The molecule has 10 heteroatoms. The molecule has 0 radical (unpaired) electrons. The topological polar surface area (TPSA) is 139 Å². The molecule has 34 heavy (non-hydrogen) atoms. The summed E-state index contributed by atoms with van der Waals surface area (Å²) in [5, 5.41) is 18.8. The first kappa shape index (κ1) is 23.7. The maximum Gasteiger partial charge on any atom is 0.290 e. The van der Waals surface area contributed by atoms with E-state index in [0.29, 0.717) is 45.2 Å². The molecule has 0 bridgehead atoms. The largest absolute Gasteiger partial charge is 0.493 e. The molecule has 2 N–H and O–H groups in total. The zero-order valence-electron chi connectivity index (χ0n) is 18.6. The number of benzene rings is 2. The van der Waals surface area contributed by atoms with Crippen LogP contribution in [-0.4, -0.2) is 53.3 Å². The number of nitrogens with one attached hydrogen (secondary N) is 1. The summed E-state index contributed by atoms with van der Waals surface area (Å²) < 4.78 is 12.6. The van der Waals surface area contributed by atoms with Gasteiger partial charge in [-0.1, -0.05) is 12.1 Å². The van der Waals surface area contributed by atoms with E-state index >= 15 is 0 Å². The molecule has 0 saturated heterocycles. The summed E-state index contributed by atoms with van der Waals surface area (Å²) in [6, 6.07) is 16.2. The maximum absolute atomic E-state index is 12.5. The van der Waals surface area contributed by atoms with Crippen molar-refractivity contribution in [2.75, 3.05) is 21.3 Å². The van der Waals surface area contributed by atoms with Gasteiger partial charge in [-0.2, -0.15) is 5.26 Å². The minimum absolute atomic E-state index is 0.250. The number of fused-ring (bicyclic) bond motifs is 1. The van der Waals surface area contributed by atoms with Gasteiger partial charge in [-0.3, -0.25) is 14.2 Å². The van der Waals surface area contributed by atoms with Crippen molar-refractivity contribution < 1.29 is 24.2 Å². The molecular formula is C24H21N5O5. The summed E-state index contributed by atoms with van der Waals surface area (Å²) in [6.07, 6.45) is 1.65. The van der Waals surface area contributed by atoms with Gasteiger partial charge >= 0.3 is 0 Å². The fourth-order valence-corrected chi connectivity index (χ4v) is 3.38. The third-order valence-corrected chi connectivity index (χ3v) is 4.92. The van der Waals surface area contributed by atoms with Crippen molar-refractivity contribution in [1.29, 1.82) is 5.26 Å². The van der Waals surface area contributed by atoms with Crippen LogP contribution in [0, 0.1) is 11.3 Å². The molecule has 0 atom stereocenters. The lowest BCUT2D eigenvalue weighted by atomic mass is 10.0. The molecule has 0 aliphatic rings. The zero-order chi connectivity index (χ0) is 24.7. The molecule has 2 aromatic heterocycles. The SMILES string of the molecule is CNC(=O)c1ccc(-n2cnc3cc(OC)c(OC)cc32)nc1-c1cccc(C#N)c1.O=CO. The summed E-state index contributed by atoms with van der Waals surface area (Å²) in [4.78, 5) is 30.0. The van der Waals surface area contributed by atoms with Crippen LogP contribution in [0.1, 0.15) is 15.9 Å². The van der Waals surface area contributed by atoms with Gasteiger partial charge in [0.15, 0.2) is 11.5 Å². The van der Waals surface area contributed by atoms with Crippen molar-refractivity contribution in [2.24, 2.45) is 0 Å². The Kier molecular flexibility index (Phi) is 7.41. The summed E-state index contributed by atoms with van der Waals surface area (Å²) >= 11 is 0. The van der Waals surface area contributed by atoms with Crippen molar-refractivity contribution >= 4 is 23.4 Å². The number of nitriles is 1. The lowest BCUT2D eigenvalue weighted by Gasteiger charge is -2.12. The van der Waals surface area contributed by atoms with Crippen LogP contribution in [-0.2, 0) is 4.79 Å². The van der Waals surface area contributed by atoms with Gasteiger partial charge in [0.25, 0.3) is 12.4 Å². The molecule has 0 unspecified atom stereocenters. The Morgan fingerprint density at radius 3 is 2.50 bits per heavy atom. The second-order valence-electron chi connectivity index (χ2n) is 6.75. The highest BCUT2D eigenvalue weighted by atomic mass is 16.5. The quantitative estimate of drug-likeness (QED) is 0.434. The number of nitrogens with zero attached hydrogens (tertiary/aromatic N) is 4. The minimum atomic E-state index is -0.265. The number of carbonyl (C=O) groups is 2. The number of carbonyl (C=O) groups excluding carboxylic acids is 1. The second kappa shape index (κ2) is 10.6. The van der Waals surface area contributed by atoms with Crippen LogP contribution in [0.4, 0.5) is 0 Å². The fraction of sp³-hybridized carbons (Fsp3) is 0.125. The lowest BCUT2D eigenvalue weighted by Crippen LogP contribution is -2.19. The number of hydrogen-bond donors (Lipinski definition) is 2. The molecule has 2 heterocycles. The molecule has 2 aromatic carbocycles. The van der Waals surface area contributed by atoms with Crippen LogP contribution in [0.3, 0.4) is 0 Å². The van der Waals surface area contributed by atoms with Crippen LogP contribution in [0.5, 0.6) is 11.5 Å². The number of hydrogen-bond acceptors (Lipinski definition) is 7. The molecule has 0 spiro atoms. The standard InChI is InChI=1S/C23H19N5O3.CH2O2/c1-25-23(29)16-7-8-21(27-22(16)15-6-4-5-14(9-15)12-24)28-13-26-17-10-19(30-2)20(31-3)11-18(17)28;2-1-3/h4-11,13H,1-3H3,(H,25,29);1H,(H,2,3). The summed E-state index contributed by atoms with van der Waals surface area (Å²) in [5.41, 5.74) is 3.51. The molecule has 0 aliphatic heterocycles. The third kappa shape index (κ3) is 4.63. The van der Waals surface area contributed by atoms with Crippen LogP contribution in [0.2, 0.25) is 0 Å². The van der Waals surface area contributed by atoms with Gasteiger partial charge in [0.05, 0.1) is 48.1 Å². The van der Waals surface area contributed by atoms with Crippen LogP contribution >= 0.6 is 0 Å². The average molecular weight is 459 g/mol. The average Bonchev–Trinajstić information content (AvgIpc) is 3.30. The highest BCUT2D eigenvalue weighted by molar-refractivity contribution is 6.00. The molecule has 10 nitrogen and oxygen atoms in total. The van der Waals surface area contributed by atoms with Crippen molar-refractivity contribution in [1.82, 2.24) is 19.9 Å². The Labute approximate surface area is 195 Å². The number of pyridine rings is 1. The molecule has 0 fully saturated rings. The van der Waals surface area contributed by atoms with E-state index in [4.69, 9.17) is 24.4 Å². The van der Waals surface area contributed by atoms with E-state index < -0.39 is 0 Å². The first-order chi connectivity index (χ1) is 16.5. The number of aromatic nitrogens is 3.